The number of pyridine rings is 1. The first-order valence-electron chi connectivity index (χ1n) is 11.7. The van der Waals surface area contributed by atoms with Crippen LogP contribution in [0.4, 0.5) is 0 Å². The molecule has 1 N–H and O–H groups in total. The smallest absolute Gasteiger partial charge is 0.341 e. The second-order valence-corrected chi connectivity index (χ2v) is 8.80. The molecule has 0 aliphatic rings. The van der Waals surface area contributed by atoms with Crippen LogP contribution in [0.1, 0.15) is 23.1 Å². The summed E-state index contributed by atoms with van der Waals surface area (Å²) in [5.74, 6) is -0.471. The predicted molar refractivity (Wildman–Crippen MR) is 139 cm³/mol. The highest BCUT2D eigenvalue weighted by Gasteiger charge is 2.10. The Labute approximate surface area is 205 Å². The van der Waals surface area contributed by atoms with Crippen molar-refractivity contribution in [2.45, 2.75) is 33.2 Å². The molecule has 0 unspecified atom stereocenters. The molecule has 0 spiro atoms. The fraction of sp³-hybridized carbons (Fsp3) is 0.200. The van der Waals surface area contributed by atoms with Gasteiger partial charge in [-0.1, -0.05) is 65.7 Å². The number of benzene rings is 3. The first-order valence-corrected chi connectivity index (χ1v) is 11.7. The van der Waals surface area contributed by atoms with Crippen LogP contribution in [-0.2, 0) is 17.8 Å². The molecule has 0 atom stereocenters. The third-order valence-corrected chi connectivity index (χ3v) is 5.88. The Morgan fingerprint density at radius 2 is 1.57 bits per heavy atom. The fourth-order valence-electron chi connectivity index (χ4n) is 4.37. The molecule has 3 aromatic carbocycles. The van der Waals surface area contributed by atoms with Gasteiger partial charge in [-0.25, -0.2) is 4.79 Å². The van der Waals surface area contributed by atoms with Crippen LogP contribution in [0.2, 0.25) is 0 Å². The average Bonchev–Trinajstić information content (AvgIpc) is 2.83. The Morgan fingerprint density at radius 1 is 0.857 bits per heavy atom. The SMILES string of the molecule is Cc1cc(C)cc(-c2ccccc2-c2ccc(=O)n(CCCc3cccc(OCC(=O)O)c3)c2)c1. The maximum atomic E-state index is 12.6. The normalized spacial score (nSPS) is 10.8. The quantitative estimate of drug-likeness (QED) is 0.333. The Balaban J connectivity index is 1.52. The number of carbonyl (C=O) groups is 1. The molecule has 0 radical (unpaired) electrons. The van der Waals surface area contributed by atoms with Crippen molar-refractivity contribution in [3.8, 4) is 28.0 Å². The molecule has 0 saturated carbocycles. The largest absolute Gasteiger partial charge is 0.482 e. The van der Waals surface area contributed by atoms with Gasteiger partial charge in [-0.2, -0.15) is 0 Å². The molecule has 0 aliphatic heterocycles. The van der Waals surface area contributed by atoms with Crippen LogP contribution in [-0.4, -0.2) is 22.2 Å². The minimum atomic E-state index is -1.01. The van der Waals surface area contributed by atoms with Crippen LogP contribution in [0.3, 0.4) is 0 Å². The minimum Gasteiger partial charge on any atom is -0.482 e. The lowest BCUT2D eigenvalue weighted by Gasteiger charge is -2.14. The topological polar surface area (TPSA) is 68.5 Å². The predicted octanol–water partition coefficient (Wildman–Crippen LogP) is 5.90. The van der Waals surface area contributed by atoms with Gasteiger partial charge in [-0.15, -0.1) is 0 Å². The van der Waals surface area contributed by atoms with Gasteiger partial charge in [-0.05, 0) is 72.7 Å². The van der Waals surface area contributed by atoms with Gasteiger partial charge in [0.1, 0.15) is 5.75 Å². The molecule has 4 rings (SSSR count). The molecule has 178 valence electrons. The summed E-state index contributed by atoms with van der Waals surface area (Å²) >= 11 is 0. The van der Waals surface area contributed by atoms with Gasteiger partial charge in [0.25, 0.3) is 5.56 Å². The van der Waals surface area contributed by atoms with Gasteiger partial charge in [0.05, 0.1) is 0 Å². The van der Waals surface area contributed by atoms with Gasteiger partial charge in [0.15, 0.2) is 6.61 Å². The molecule has 1 heterocycles. The lowest BCUT2D eigenvalue weighted by atomic mass is 9.93. The van der Waals surface area contributed by atoms with Crippen molar-refractivity contribution in [3.05, 3.63) is 112 Å². The summed E-state index contributed by atoms with van der Waals surface area (Å²) < 4.78 is 7.03. The first kappa shape index (κ1) is 24.0. The number of ether oxygens (including phenoxy) is 1. The molecule has 5 heteroatoms. The van der Waals surface area contributed by atoms with Crippen molar-refractivity contribution < 1.29 is 14.6 Å². The number of carboxylic acid groups (broad SMARTS) is 1. The van der Waals surface area contributed by atoms with Crippen molar-refractivity contribution in [1.82, 2.24) is 4.57 Å². The summed E-state index contributed by atoms with van der Waals surface area (Å²) in [6, 6.07) is 25.8. The number of rotatable bonds is 9. The van der Waals surface area contributed by atoms with E-state index in [9.17, 15) is 9.59 Å². The van der Waals surface area contributed by atoms with E-state index in [0.29, 0.717) is 12.3 Å². The average molecular weight is 468 g/mol. The number of aromatic nitrogens is 1. The Morgan fingerprint density at radius 3 is 2.29 bits per heavy atom. The van der Waals surface area contributed by atoms with E-state index in [4.69, 9.17) is 9.84 Å². The highest BCUT2D eigenvalue weighted by Crippen LogP contribution is 2.32. The number of hydrogen-bond acceptors (Lipinski definition) is 3. The maximum absolute atomic E-state index is 12.6. The standard InChI is InChI=1S/C30H29NO4/c1-21-15-22(2)17-25(16-21)28-11-4-3-10-27(28)24-12-13-29(32)31(19-24)14-6-8-23-7-5-9-26(18-23)35-20-30(33)34/h3-5,7,9-13,15-19H,6,8,14,20H2,1-2H3,(H,33,34). The second kappa shape index (κ2) is 10.9. The summed E-state index contributed by atoms with van der Waals surface area (Å²) in [6.45, 7) is 4.42. The molecule has 4 aromatic rings. The Bertz CT molecular complexity index is 1380. The van der Waals surface area contributed by atoms with Crippen LogP contribution in [0.15, 0.2) is 89.9 Å². The van der Waals surface area contributed by atoms with Crippen molar-refractivity contribution in [2.75, 3.05) is 6.61 Å². The number of aliphatic carboxylic acids is 1. The summed E-state index contributed by atoms with van der Waals surface area (Å²) in [4.78, 5) is 23.3. The zero-order valence-electron chi connectivity index (χ0n) is 20.0. The van der Waals surface area contributed by atoms with E-state index in [2.05, 4.69) is 44.2 Å². The molecule has 0 amide bonds. The fourth-order valence-corrected chi connectivity index (χ4v) is 4.37. The molecule has 5 nitrogen and oxygen atoms in total. The van der Waals surface area contributed by atoms with E-state index in [1.165, 1.54) is 16.7 Å². The zero-order valence-corrected chi connectivity index (χ0v) is 20.0. The van der Waals surface area contributed by atoms with E-state index in [1.54, 1.807) is 16.7 Å². The Kier molecular flexibility index (Phi) is 7.46. The van der Waals surface area contributed by atoms with E-state index < -0.39 is 5.97 Å². The number of hydrogen-bond donors (Lipinski definition) is 1. The molecular weight excluding hydrogens is 438 g/mol. The lowest BCUT2D eigenvalue weighted by molar-refractivity contribution is -0.139. The van der Waals surface area contributed by atoms with Crippen LogP contribution < -0.4 is 10.3 Å². The molecule has 0 aliphatic carbocycles. The lowest BCUT2D eigenvalue weighted by Crippen LogP contribution is -2.19. The van der Waals surface area contributed by atoms with E-state index in [-0.39, 0.29) is 12.2 Å². The molecule has 0 saturated heterocycles. The van der Waals surface area contributed by atoms with Gasteiger partial charge in [0.2, 0.25) is 0 Å². The molecule has 35 heavy (non-hydrogen) atoms. The highest BCUT2D eigenvalue weighted by molar-refractivity contribution is 5.83. The van der Waals surface area contributed by atoms with Gasteiger partial charge in [-0.3, -0.25) is 4.79 Å². The van der Waals surface area contributed by atoms with Crippen molar-refractivity contribution >= 4 is 5.97 Å². The van der Waals surface area contributed by atoms with Gasteiger partial charge < -0.3 is 14.4 Å². The monoisotopic (exact) mass is 467 g/mol. The molecule has 0 bridgehead atoms. The molecule has 1 aromatic heterocycles. The van der Waals surface area contributed by atoms with Crippen LogP contribution in [0, 0.1) is 13.8 Å². The summed E-state index contributed by atoms with van der Waals surface area (Å²) in [6.07, 6.45) is 3.46. The van der Waals surface area contributed by atoms with Crippen molar-refractivity contribution in [2.24, 2.45) is 0 Å². The molecular formula is C30H29NO4. The van der Waals surface area contributed by atoms with Crippen LogP contribution in [0.25, 0.3) is 22.3 Å². The molecule has 0 fully saturated rings. The highest BCUT2D eigenvalue weighted by atomic mass is 16.5. The second-order valence-electron chi connectivity index (χ2n) is 8.80. The Hall–Kier alpha value is -4.12. The number of nitrogens with zero attached hydrogens (tertiary/aromatic N) is 1. The van der Waals surface area contributed by atoms with E-state index in [1.807, 2.05) is 42.6 Å². The van der Waals surface area contributed by atoms with Crippen molar-refractivity contribution in [1.29, 1.82) is 0 Å². The van der Waals surface area contributed by atoms with Crippen LogP contribution in [0.5, 0.6) is 5.75 Å². The third-order valence-electron chi connectivity index (χ3n) is 5.88. The summed E-state index contributed by atoms with van der Waals surface area (Å²) in [5.41, 5.74) is 7.85. The van der Waals surface area contributed by atoms with E-state index >= 15 is 0 Å². The van der Waals surface area contributed by atoms with Crippen LogP contribution >= 0.6 is 0 Å². The zero-order chi connectivity index (χ0) is 24.8. The van der Waals surface area contributed by atoms with Gasteiger partial charge >= 0.3 is 5.97 Å². The number of aryl methyl sites for hydroxylation is 4. The first-order chi connectivity index (χ1) is 16.9. The summed E-state index contributed by atoms with van der Waals surface area (Å²) in [5, 5.41) is 8.79. The summed E-state index contributed by atoms with van der Waals surface area (Å²) in [7, 11) is 0. The van der Waals surface area contributed by atoms with E-state index in [0.717, 1.165) is 35.1 Å². The van der Waals surface area contributed by atoms with Crippen molar-refractivity contribution in [3.63, 3.8) is 0 Å². The minimum absolute atomic E-state index is 0.0313. The maximum Gasteiger partial charge on any atom is 0.341 e. The van der Waals surface area contributed by atoms with Gasteiger partial charge in [0, 0.05) is 18.8 Å². The third kappa shape index (κ3) is 6.27. The number of carboxylic acids is 1.